The van der Waals surface area contributed by atoms with Crippen LogP contribution in [0, 0.1) is 11.3 Å². The van der Waals surface area contributed by atoms with Gasteiger partial charge in [-0.25, -0.2) is 0 Å². The number of nitrogens with zero attached hydrogens (tertiary/aromatic N) is 1. The molecule has 1 aromatic carbocycles. The zero-order chi connectivity index (χ0) is 13.7. The molecule has 0 amide bonds. The summed E-state index contributed by atoms with van der Waals surface area (Å²) in [5, 5.41) is 18.7. The number of thiophene rings is 1. The van der Waals surface area contributed by atoms with Crippen LogP contribution in [0.25, 0.3) is 0 Å². The molecule has 2 atom stereocenters. The Morgan fingerprint density at radius 3 is 2.47 bits per heavy atom. The lowest BCUT2D eigenvalue weighted by Gasteiger charge is -2.20. The molecule has 0 aliphatic carbocycles. The fourth-order valence-electron chi connectivity index (χ4n) is 2.20. The summed E-state index contributed by atoms with van der Waals surface area (Å²) in [5.74, 6) is -0.280. The first-order chi connectivity index (χ1) is 9.26. The van der Waals surface area contributed by atoms with Crippen molar-refractivity contribution in [1.82, 2.24) is 0 Å². The molecule has 0 aliphatic rings. The van der Waals surface area contributed by atoms with Crippen molar-refractivity contribution in [3.05, 3.63) is 57.2 Å². The van der Waals surface area contributed by atoms with Gasteiger partial charge >= 0.3 is 0 Å². The highest BCUT2D eigenvalue weighted by Crippen LogP contribution is 2.39. The van der Waals surface area contributed by atoms with Crippen LogP contribution < -0.4 is 0 Å². The molecule has 0 spiro atoms. The number of aliphatic hydroxyl groups is 1. The minimum Gasteiger partial charge on any atom is -0.396 e. The molecule has 0 radical (unpaired) electrons. The Morgan fingerprint density at radius 1 is 1.21 bits per heavy atom. The molecule has 0 unspecified atom stereocenters. The minimum atomic E-state index is -0.261. The number of nitriles is 1. The van der Waals surface area contributed by atoms with Gasteiger partial charge in [-0.2, -0.15) is 5.26 Å². The third kappa shape index (κ3) is 3.36. The van der Waals surface area contributed by atoms with Gasteiger partial charge in [0.05, 0.1) is 16.3 Å². The van der Waals surface area contributed by atoms with Crippen molar-refractivity contribution < 1.29 is 5.11 Å². The largest absolute Gasteiger partial charge is 0.396 e. The van der Waals surface area contributed by atoms with Crippen molar-refractivity contribution >= 4 is 22.9 Å². The van der Waals surface area contributed by atoms with Crippen LogP contribution in [0.15, 0.2) is 42.5 Å². The average molecular weight is 292 g/mol. The van der Waals surface area contributed by atoms with Gasteiger partial charge in [-0.05, 0) is 24.1 Å². The summed E-state index contributed by atoms with van der Waals surface area (Å²) in [6.07, 6.45) is 0.559. The maximum atomic E-state index is 9.48. The smallest absolute Gasteiger partial charge is 0.0931 e. The summed E-state index contributed by atoms with van der Waals surface area (Å²) in [5.41, 5.74) is 0.980. The SMILES string of the molecule is N#C[C@@H](c1ccccc1)[C@H](CCO)c1ccc(Cl)s1. The van der Waals surface area contributed by atoms with Gasteiger partial charge in [0, 0.05) is 17.4 Å². The second-order valence-electron chi connectivity index (χ2n) is 4.28. The lowest BCUT2D eigenvalue weighted by molar-refractivity contribution is 0.273. The topological polar surface area (TPSA) is 44.0 Å². The van der Waals surface area contributed by atoms with Gasteiger partial charge in [-0.15, -0.1) is 11.3 Å². The standard InChI is InChI=1S/C15H14ClNOS/c16-15-7-6-14(19-15)12(8-9-18)13(10-17)11-4-2-1-3-5-11/h1-7,12-13,18H,8-9H2/t12-,13-/m0/s1. The molecule has 98 valence electrons. The van der Waals surface area contributed by atoms with Gasteiger partial charge in [-0.3, -0.25) is 0 Å². The summed E-state index contributed by atoms with van der Waals surface area (Å²) in [6.45, 7) is 0.0607. The van der Waals surface area contributed by atoms with Gasteiger partial charge in [0.25, 0.3) is 0 Å². The molecule has 1 aromatic heterocycles. The second-order valence-corrected chi connectivity index (χ2v) is 6.02. The van der Waals surface area contributed by atoms with Crippen LogP contribution in [0.3, 0.4) is 0 Å². The highest BCUT2D eigenvalue weighted by Gasteiger charge is 2.25. The number of aliphatic hydroxyl groups excluding tert-OH is 1. The summed E-state index contributed by atoms with van der Waals surface area (Å²) in [7, 11) is 0. The van der Waals surface area contributed by atoms with Crippen molar-refractivity contribution in [2.24, 2.45) is 0 Å². The summed E-state index contributed by atoms with van der Waals surface area (Å²) < 4.78 is 0.711. The average Bonchev–Trinajstić information content (AvgIpc) is 2.86. The number of rotatable bonds is 5. The van der Waals surface area contributed by atoms with E-state index >= 15 is 0 Å². The number of hydrogen-bond donors (Lipinski definition) is 1. The molecule has 2 rings (SSSR count). The predicted molar refractivity (Wildman–Crippen MR) is 78.6 cm³/mol. The Labute approximate surface area is 121 Å². The third-order valence-corrected chi connectivity index (χ3v) is 4.46. The maximum Gasteiger partial charge on any atom is 0.0931 e. The van der Waals surface area contributed by atoms with Gasteiger partial charge in [0.1, 0.15) is 0 Å². The maximum absolute atomic E-state index is 9.48. The predicted octanol–water partition coefficient (Wildman–Crippen LogP) is 4.17. The molecule has 2 nitrogen and oxygen atoms in total. The molecule has 19 heavy (non-hydrogen) atoms. The molecule has 0 saturated heterocycles. The van der Waals surface area contributed by atoms with Gasteiger partial charge < -0.3 is 5.11 Å². The van der Waals surface area contributed by atoms with E-state index in [0.717, 1.165) is 10.4 Å². The van der Waals surface area contributed by atoms with E-state index in [9.17, 15) is 10.4 Å². The van der Waals surface area contributed by atoms with Crippen LogP contribution in [0.1, 0.15) is 28.7 Å². The monoisotopic (exact) mass is 291 g/mol. The molecular weight excluding hydrogens is 278 g/mol. The Balaban J connectivity index is 2.34. The van der Waals surface area contributed by atoms with Crippen LogP contribution in [0.4, 0.5) is 0 Å². The van der Waals surface area contributed by atoms with E-state index in [2.05, 4.69) is 6.07 Å². The minimum absolute atomic E-state index is 0.0186. The Bertz CT molecular complexity index is 561. The van der Waals surface area contributed by atoms with E-state index in [1.165, 1.54) is 11.3 Å². The van der Waals surface area contributed by atoms with Crippen molar-refractivity contribution in [1.29, 1.82) is 5.26 Å². The lowest BCUT2D eigenvalue weighted by Crippen LogP contribution is -2.10. The fourth-order valence-corrected chi connectivity index (χ4v) is 3.43. The molecule has 4 heteroatoms. The highest BCUT2D eigenvalue weighted by molar-refractivity contribution is 7.16. The molecule has 0 fully saturated rings. The van der Waals surface area contributed by atoms with E-state index in [0.29, 0.717) is 10.8 Å². The van der Waals surface area contributed by atoms with E-state index in [1.807, 2.05) is 42.5 Å². The van der Waals surface area contributed by atoms with E-state index < -0.39 is 0 Å². The van der Waals surface area contributed by atoms with Crippen LogP contribution in [0.5, 0.6) is 0 Å². The summed E-state index contributed by atoms with van der Waals surface area (Å²) >= 11 is 7.45. The van der Waals surface area contributed by atoms with Gasteiger partial charge in [0.15, 0.2) is 0 Å². The second kappa shape index (κ2) is 6.72. The normalized spacial score (nSPS) is 13.7. The molecule has 0 bridgehead atoms. The molecule has 0 aliphatic heterocycles. The first kappa shape index (κ1) is 14.1. The van der Waals surface area contributed by atoms with Crippen LogP contribution >= 0.6 is 22.9 Å². The first-order valence-corrected chi connectivity index (χ1v) is 7.26. The van der Waals surface area contributed by atoms with Gasteiger partial charge in [0.2, 0.25) is 0 Å². The molecule has 2 aromatic rings. The van der Waals surface area contributed by atoms with Crippen LogP contribution in [-0.4, -0.2) is 11.7 Å². The lowest BCUT2D eigenvalue weighted by atomic mass is 9.84. The van der Waals surface area contributed by atoms with Crippen molar-refractivity contribution in [2.75, 3.05) is 6.61 Å². The molecule has 1 N–H and O–H groups in total. The van der Waals surface area contributed by atoms with E-state index in [1.54, 1.807) is 0 Å². The Kier molecular flexibility index (Phi) is 4.98. The highest BCUT2D eigenvalue weighted by atomic mass is 35.5. The van der Waals surface area contributed by atoms with Crippen molar-refractivity contribution in [3.63, 3.8) is 0 Å². The third-order valence-electron chi connectivity index (χ3n) is 3.10. The molecule has 0 saturated carbocycles. The summed E-state index contributed by atoms with van der Waals surface area (Å²) in [6, 6.07) is 15.8. The van der Waals surface area contributed by atoms with E-state index in [-0.39, 0.29) is 18.4 Å². The van der Waals surface area contributed by atoms with Crippen LogP contribution in [0.2, 0.25) is 4.34 Å². The first-order valence-electron chi connectivity index (χ1n) is 6.07. The number of benzene rings is 1. The zero-order valence-electron chi connectivity index (χ0n) is 10.3. The van der Waals surface area contributed by atoms with E-state index in [4.69, 9.17) is 11.6 Å². The summed E-state index contributed by atoms with van der Waals surface area (Å²) in [4.78, 5) is 1.05. The quantitative estimate of drug-likeness (QED) is 0.898. The van der Waals surface area contributed by atoms with Gasteiger partial charge in [-0.1, -0.05) is 41.9 Å². The zero-order valence-corrected chi connectivity index (χ0v) is 11.9. The Hall–Kier alpha value is -1.34. The van der Waals surface area contributed by atoms with Crippen molar-refractivity contribution in [3.8, 4) is 6.07 Å². The Morgan fingerprint density at radius 2 is 1.95 bits per heavy atom. The molecular formula is C15H14ClNOS. The van der Waals surface area contributed by atoms with Crippen molar-refractivity contribution in [2.45, 2.75) is 18.3 Å². The fraction of sp³-hybridized carbons (Fsp3) is 0.267. The van der Waals surface area contributed by atoms with Crippen LogP contribution in [-0.2, 0) is 0 Å². The number of halogens is 1. The number of hydrogen-bond acceptors (Lipinski definition) is 3. The molecule has 1 heterocycles.